The van der Waals surface area contributed by atoms with Crippen LogP contribution in [-0.2, 0) is 9.53 Å². The molecular weight excluding hydrogens is 303 g/mol. The van der Waals surface area contributed by atoms with Crippen LogP contribution in [0.15, 0.2) is 22.7 Å². The molecule has 0 N–H and O–H groups in total. The van der Waals surface area contributed by atoms with Crippen molar-refractivity contribution in [3.8, 4) is 0 Å². The maximum Gasteiger partial charge on any atom is 0.316 e. The zero-order valence-corrected chi connectivity index (χ0v) is 11.8. The molecule has 1 aromatic carbocycles. The van der Waals surface area contributed by atoms with Gasteiger partial charge in [-0.2, -0.15) is 0 Å². The predicted molar refractivity (Wildman–Crippen MR) is 68.8 cm³/mol. The van der Waals surface area contributed by atoms with Gasteiger partial charge >= 0.3 is 5.97 Å². The molecule has 0 heterocycles. The summed E-state index contributed by atoms with van der Waals surface area (Å²) in [4.78, 5) is 23.8. The van der Waals surface area contributed by atoms with Crippen molar-refractivity contribution in [3.63, 3.8) is 0 Å². The molecule has 98 valence electrons. The minimum atomic E-state index is -0.886. The van der Waals surface area contributed by atoms with Crippen molar-refractivity contribution in [3.05, 3.63) is 34.1 Å². The first kappa shape index (κ1) is 14.8. The Bertz CT molecular complexity index is 460. The van der Waals surface area contributed by atoms with Crippen molar-refractivity contribution in [2.75, 3.05) is 6.61 Å². The van der Waals surface area contributed by atoms with Gasteiger partial charge in [-0.25, -0.2) is 4.39 Å². The van der Waals surface area contributed by atoms with E-state index in [1.165, 1.54) is 12.1 Å². The molecule has 0 aliphatic heterocycles. The Kier molecular flexibility index (Phi) is 5.47. The van der Waals surface area contributed by atoms with E-state index in [-0.39, 0.29) is 12.2 Å². The third kappa shape index (κ3) is 3.38. The lowest BCUT2D eigenvalue weighted by molar-refractivity contribution is -0.146. The van der Waals surface area contributed by atoms with Crippen LogP contribution in [0.3, 0.4) is 0 Å². The number of carbonyl (C=O) groups is 2. The average molecular weight is 317 g/mol. The summed E-state index contributed by atoms with van der Waals surface area (Å²) in [5, 5.41) is 0. The number of hydrogen-bond donors (Lipinski definition) is 0. The summed E-state index contributed by atoms with van der Waals surface area (Å²) in [6.45, 7) is 3.60. The van der Waals surface area contributed by atoms with Gasteiger partial charge in [0.25, 0.3) is 0 Å². The first-order valence-corrected chi connectivity index (χ1v) is 6.46. The van der Waals surface area contributed by atoms with Crippen LogP contribution in [0.5, 0.6) is 0 Å². The highest BCUT2D eigenvalue weighted by Crippen LogP contribution is 2.23. The van der Waals surface area contributed by atoms with E-state index in [1.54, 1.807) is 13.8 Å². The van der Waals surface area contributed by atoms with Gasteiger partial charge < -0.3 is 4.74 Å². The van der Waals surface area contributed by atoms with E-state index in [0.717, 1.165) is 6.07 Å². The number of rotatable bonds is 5. The third-order valence-electron chi connectivity index (χ3n) is 2.49. The van der Waals surface area contributed by atoms with Gasteiger partial charge in [0.15, 0.2) is 5.78 Å². The van der Waals surface area contributed by atoms with E-state index in [0.29, 0.717) is 10.9 Å². The lowest BCUT2D eigenvalue weighted by Crippen LogP contribution is -2.26. The zero-order valence-electron chi connectivity index (χ0n) is 10.2. The molecule has 0 spiro atoms. The molecule has 0 saturated carbocycles. The van der Waals surface area contributed by atoms with Crippen molar-refractivity contribution < 1.29 is 18.7 Å². The number of Topliss-reactive ketones (excluding diaryl/α,β-unsaturated/α-hetero) is 1. The Labute approximate surface area is 113 Å². The molecule has 18 heavy (non-hydrogen) atoms. The van der Waals surface area contributed by atoms with Gasteiger partial charge in [-0.3, -0.25) is 9.59 Å². The van der Waals surface area contributed by atoms with Crippen LogP contribution in [0, 0.1) is 11.7 Å². The van der Waals surface area contributed by atoms with Crippen LogP contribution in [0.1, 0.15) is 30.6 Å². The molecule has 3 nitrogen and oxygen atoms in total. The van der Waals surface area contributed by atoms with Gasteiger partial charge in [-0.1, -0.05) is 22.9 Å². The maximum atomic E-state index is 13.1. The monoisotopic (exact) mass is 316 g/mol. The zero-order chi connectivity index (χ0) is 13.7. The van der Waals surface area contributed by atoms with E-state index in [2.05, 4.69) is 15.9 Å². The first-order valence-electron chi connectivity index (χ1n) is 5.67. The van der Waals surface area contributed by atoms with Crippen LogP contribution in [-0.4, -0.2) is 18.4 Å². The number of benzene rings is 1. The van der Waals surface area contributed by atoms with Crippen LogP contribution in [0.25, 0.3) is 0 Å². The van der Waals surface area contributed by atoms with E-state index < -0.39 is 23.5 Å². The molecule has 1 aromatic rings. The molecule has 0 aliphatic rings. The molecule has 0 aromatic heterocycles. The second-order valence-corrected chi connectivity index (χ2v) is 4.56. The highest BCUT2D eigenvalue weighted by atomic mass is 79.9. The average Bonchev–Trinajstić information content (AvgIpc) is 2.33. The van der Waals surface area contributed by atoms with Gasteiger partial charge in [-0.15, -0.1) is 0 Å². The van der Waals surface area contributed by atoms with Crippen molar-refractivity contribution in [2.45, 2.75) is 20.3 Å². The van der Waals surface area contributed by atoms with Crippen LogP contribution >= 0.6 is 15.9 Å². The molecule has 1 atom stereocenters. The Hall–Kier alpha value is -1.23. The molecule has 0 saturated heterocycles. The molecule has 0 fully saturated rings. The summed E-state index contributed by atoms with van der Waals surface area (Å²) in [5.74, 6) is -2.40. The van der Waals surface area contributed by atoms with Gasteiger partial charge in [0.2, 0.25) is 0 Å². The highest BCUT2D eigenvalue weighted by molar-refractivity contribution is 9.10. The molecule has 0 aliphatic carbocycles. The minimum absolute atomic E-state index is 0.162. The number of ether oxygens (including phenoxy) is 1. The molecular formula is C13H14BrFO3. The standard InChI is InChI=1S/C13H14BrFO3/c1-3-9(13(17)18-4-2)12(16)10-7-8(15)5-6-11(10)14/h5-7,9H,3-4H2,1-2H3. The Morgan fingerprint density at radius 2 is 2.06 bits per heavy atom. The predicted octanol–water partition coefficient (Wildman–Crippen LogP) is 3.36. The fourth-order valence-corrected chi connectivity index (χ4v) is 2.02. The van der Waals surface area contributed by atoms with Crippen molar-refractivity contribution >= 4 is 27.7 Å². The number of halogens is 2. The van der Waals surface area contributed by atoms with E-state index in [9.17, 15) is 14.0 Å². The highest BCUT2D eigenvalue weighted by Gasteiger charge is 2.28. The van der Waals surface area contributed by atoms with E-state index in [4.69, 9.17) is 4.74 Å². The third-order valence-corrected chi connectivity index (χ3v) is 3.18. The van der Waals surface area contributed by atoms with Gasteiger partial charge in [0.05, 0.1) is 6.61 Å². The molecule has 0 amide bonds. The smallest absolute Gasteiger partial charge is 0.316 e. The summed E-state index contributed by atoms with van der Waals surface area (Å²) >= 11 is 3.18. The topological polar surface area (TPSA) is 43.4 Å². The van der Waals surface area contributed by atoms with E-state index in [1.807, 2.05) is 0 Å². The number of esters is 1. The van der Waals surface area contributed by atoms with Crippen LogP contribution in [0.4, 0.5) is 4.39 Å². The Morgan fingerprint density at radius 3 is 2.61 bits per heavy atom. The lowest BCUT2D eigenvalue weighted by Gasteiger charge is -2.13. The maximum absolute atomic E-state index is 13.1. The SMILES string of the molecule is CCOC(=O)C(CC)C(=O)c1cc(F)ccc1Br. The summed E-state index contributed by atoms with van der Waals surface area (Å²) in [6, 6.07) is 3.81. The van der Waals surface area contributed by atoms with Gasteiger partial charge in [0, 0.05) is 10.0 Å². The molecule has 0 bridgehead atoms. The molecule has 0 radical (unpaired) electrons. The summed E-state index contributed by atoms with van der Waals surface area (Å²) in [7, 11) is 0. The largest absolute Gasteiger partial charge is 0.465 e. The van der Waals surface area contributed by atoms with Crippen LogP contribution in [0.2, 0.25) is 0 Å². The number of hydrogen-bond acceptors (Lipinski definition) is 3. The summed E-state index contributed by atoms with van der Waals surface area (Å²) < 4.78 is 18.4. The number of carbonyl (C=O) groups excluding carboxylic acids is 2. The Morgan fingerprint density at radius 1 is 1.39 bits per heavy atom. The summed E-state index contributed by atoms with van der Waals surface area (Å²) in [6.07, 6.45) is 0.320. The van der Waals surface area contributed by atoms with Crippen molar-refractivity contribution in [1.29, 1.82) is 0 Å². The number of ketones is 1. The quantitative estimate of drug-likeness (QED) is 0.475. The van der Waals surface area contributed by atoms with Gasteiger partial charge in [-0.05, 0) is 31.5 Å². The fourth-order valence-electron chi connectivity index (χ4n) is 1.58. The molecule has 5 heteroatoms. The van der Waals surface area contributed by atoms with Gasteiger partial charge in [0.1, 0.15) is 11.7 Å². The van der Waals surface area contributed by atoms with Crippen LogP contribution < -0.4 is 0 Å². The lowest BCUT2D eigenvalue weighted by atomic mass is 9.95. The first-order chi connectivity index (χ1) is 8.51. The van der Waals surface area contributed by atoms with Crippen molar-refractivity contribution in [2.24, 2.45) is 5.92 Å². The normalized spacial score (nSPS) is 12.0. The fraction of sp³-hybridized carbons (Fsp3) is 0.385. The second kappa shape index (κ2) is 6.64. The minimum Gasteiger partial charge on any atom is -0.465 e. The molecule has 1 rings (SSSR count). The summed E-state index contributed by atoms with van der Waals surface area (Å²) in [5.41, 5.74) is 0.162. The van der Waals surface area contributed by atoms with Crippen molar-refractivity contribution in [1.82, 2.24) is 0 Å². The van der Waals surface area contributed by atoms with E-state index >= 15 is 0 Å². The molecule has 1 unspecified atom stereocenters. The Balaban J connectivity index is 3.03. The second-order valence-electron chi connectivity index (χ2n) is 3.70.